The second-order valence-corrected chi connectivity index (χ2v) is 5.22. The number of aliphatic carboxylic acids is 1. The maximum absolute atomic E-state index is 11.8. The number of carboxylic acid groups (broad SMARTS) is 1. The van der Waals surface area contributed by atoms with Crippen LogP contribution in [0.3, 0.4) is 0 Å². The number of carbonyl (C=O) groups is 2. The number of hydrogen-bond donors (Lipinski definition) is 1. The normalized spacial score (nSPS) is 24.5. The van der Waals surface area contributed by atoms with Crippen LogP contribution < -0.4 is 0 Å². The lowest BCUT2D eigenvalue weighted by atomic mass is 10.1. The Morgan fingerprint density at radius 3 is 2.47 bits per heavy atom. The number of ether oxygens (including phenoxy) is 1. The Kier molecular flexibility index (Phi) is 3.80. The molecule has 96 valence electrons. The Bertz CT molecular complexity index is 332. The Balaban J connectivity index is 2.77. The van der Waals surface area contributed by atoms with Gasteiger partial charge in [0.15, 0.2) is 0 Å². The fraction of sp³-hybridized carbons (Fsp3) is 0.667. The molecule has 0 spiro atoms. The second kappa shape index (κ2) is 4.77. The average Bonchev–Trinajstić information content (AvgIpc) is 2.58. The highest BCUT2D eigenvalue weighted by molar-refractivity contribution is 5.81. The molecule has 0 aliphatic carbocycles. The van der Waals surface area contributed by atoms with Crippen molar-refractivity contribution in [1.82, 2.24) is 4.90 Å². The highest BCUT2D eigenvalue weighted by Gasteiger charge is 2.40. The molecule has 1 saturated heterocycles. The van der Waals surface area contributed by atoms with Gasteiger partial charge in [-0.2, -0.15) is 0 Å². The maximum atomic E-state index is 11.8. The van der Waals surface area contributed by atoms with Crippen molar-refractivity contribution in [3.8, 4) is 0 Å². The summed E-state index contributed by atoms with van der Waals surface area (Å²) in [7, 11) is 0. The predicted octanol–water partition coefficient (Wildman–Crippen LogP) is 1.88. The standard InChI is InChI=1S/C12H19NO4/c1-5-8-6-9(10(14)15)13(7-8)11(16)17-12(2,3)4/h5,8-9H,1,6-7H2,2-4H3,(H,14,15). The summed E-state index contributed by atoms with van der Waals surface area (Å²) in [5.41, 5.74) is -0.619. The number of carbonyl (C=O) groups excluding carboxylic acids is 1. The number of hydrogen-bond acceptors (Lipinski definition) is 3. The quantitative estimate of drug-likeness (QED) is 0.749. The fourth-order valence-corrected chi connectivity index (χ4v) is 1.80. The summed E-state index contributed by atoms with van der Waals surface area (Å²) < 4.78 is 5.18. The van der Waals surface area contributed by atoms with Crippen molar-refractivity contribution < 1.29 is 19.4 Å². The zero-order valence-electron chi connectivity index (χ0n) is 10.5. The molecule has 1 fully saturated rings. The van der Waals surface area contributed by atoms with Gasteiger partial charge in [0.25, 0.3) is 0 Å². The Morgan fingerprint density at radius 1 is 1.47 bits per heavy atom. The molecule has 1 N–H and O–H groups in total. The molecule has 1 aliphatic rings. The van der Waals surface area contributed by atoms with Gasteiger partial charge < -0.3 is 9.84 Å². The summed E-state index contributed by atoms with van der Waals surface area (Å²) in [5.74, 6) is -0.983. The van der Waals surface area contributed by atoms with Crippen LogP contribution in [0.1, 0.15) is 27.2 Å². The molecule has 1 aliphatic heterocycles. The molecule has 0 radical (unpaired) electrons. The van der Waals surface area contributed by atoms with Crippen molar-refractivity contribution in [2.75, 3.05) is 6.54 Å². The van der Waals surface area contributed by atoms with E-state index in [1.807, 2.05) is 0 Å². The van der Waals surface area contributed by atoms with Gasteiger partial charge in [0.2, 0.25) is 0 Å². The first kappa shape index (κ1) is 13.5. The number of carboxylic acids is 1. The van der Waals surface area contributed by atoms with E-state index in [-0.39, 0.29) is 5.92 Å². The summed E-state index contributed by atoms with van der Waals surface area (Å²) in [6.07, 6.45) is 1.51. The van der Waals surface area contributed by atoms with Crippen molar-refractivity contribution in [3.63, 3.8) is 0 Å². The largest absolute Gasteiger partial charge is 0.480 e. The number of nitrogens with zero attached hydrogens (tertiary/aromatic N) is 1. The van der Waals surface area contributed by atoms with E-state index in [2.05, 4.69) is 6.58 Å². The first-order valence-corrected chi connectivity index (χ1v) is 5.59. The van der Waals surface area contributed by atoms with Crippen molar-refractivity contribution in [2.45, 2.75) is 38.8 Å². The van der Waals surface area contributed by atoms with Crippen LogP contribution in [-0.2, 0) is 9.53 Å². The third-order valence-corrected chi connectivity index (χ3v) is 2.58. The summed E-state index contributed by atoms with van der Waals surface area (Å²) in [4.78, 5) is 24.2. The van der Waals surface area contributed by atoms with Crippen molar-refractivity contribution >= 4 is 12.1 Å². The van der Waals surface area contributed by atoms with E-state index in [1.54, 1.807) is 26.8 Å². The molecule has 17 heavy (non-hydrogen) atoms. The minimum absolute atomic E-state index is 0.0172. The van der Waals surface area contributed by atoms with E-state index in [4.69, 9.17) is 9.84 Å². The molecule has 2 atom stereocenters. The molecular formula is C12H19NO4. The predicted molar refractivity (Wildman–Crippen MR) is 62.7 cm³/mol. The van der Waals surface area contributed by atoms with E-state index in [1.165, 1.54) is 4.90 Å². The SMILES string of the molecule is C=CC1CC(C(=O)O)N(C(=O)OC(C)(C)C)C1. The topological polar surface area (TPSA) is 66.8 Å². The van der Waals surface area contributed by atoms with Crippen LogP contribution in [0.2, 0.25) is 0 Å². The first-order chi connectivity index (χ1) is 7.74. The lowest BCUT2D eigenvalue weighted by Gasteiger charge is -2.26. The van der Waals surface area contributed by atoms with E-state index in [9.17, 15) is 9.59 Å². The summed E-state index contributed by atoms with van der Waals surface area (Å²) in [5, 5.41) is 9.06. The fourth-order valence-electron chi connectivity index (χ4n) is 1.80. The molecule has 1 rings (SSSR count). The number of amides is 1. The van der Waals surface area contributed by atoms with Gasteiger partial charge in [0, 0.05) is 6.54 Å². The van der Waals surface area contributed by atoms with Gasteiger partial charge in [-0.3, -0.25) is 4.90 Å². The molecule has 0 bridgehead atoms. The molecule has 1 heterocycles. The smallest absolute Gasteiger partial charge is 0.411 e. The highest BCUT2D eigenvalue weighted by Crippen LogP contribution is 2.26. The molecule has 0 aromatic heterocycles. The zero-order chi connectivity index (χ0) is 13.2. The molecule has 5 nitrogen and oxygen atoms in total. The van der Waals surface area contributed by atoms with E-state index in [0.717, 1.165) is 0 Å². The van der Waals surface area contributed by atoms with Gasteiger partial charge in [-0.1, -0.05) is 6.08 Å². The molecule has 1 amide bonds. The second-order valence-electron chi connectivity index (χ2n) is 5.22. The average molecular weight is 241 g/mol. The van der Waals surface area contributed by atoms with Gasteiger partial charge in [0.1, 0.15) is 11.6 Å². The Hall–Kier alpha value is -1.52. The Labute approximate surface area is 101 Å². The number of rotatable bonds is 2. The lowest BCUT2D eigenvalue weighted by Crippen LogP contribution is -2.43. The maximum Gasteiger partial charge on any atom is 0.411 e. The molecule has 2 unspecified atom stereocenters. The monoisotopic (exact) mass is 241 g/mol. The summed E-state index contributed by atoms with van der Waals surface area (Å²) >= 11 is 0. The van der Waals surface area contributed by atoms with E-state index < -0.39 is 23.7 Å². The van der Waals surface area contributed by atoms with Crippen molar-refractivity contribution in [1.29, 1.82) is 0 Å². The van der Waals surface area contributed by atoms with Crippen molar-refractivity contribution in [3.05, 3.63) is 12.7 Å². The molecule has 0 aromatic carbocycles. The molecular weight excluding hydrogens is 222 g/mol. The van der Waals surface area contributed by atoms with Crippen LogP contribution in [-0.4, -0.2) is 40.3 Å². The minimum Gasteiger partial charge on any atom is -0.480 e. The lowest BCUT2D eigenvalue weighted by molar-refractivity contribution is -0.142. The van der Waals surface area contributed by atoms with Crippen molar-refractivity contribution in [2.24, 2.45) is 5.92 Å². The summed E-state index contributed by atoms with van der Waals surface area (Å²) in [6, 6.07) is -0.812. The summed E-state index contributed by atoms with van der Waals surface area (Å²) in [6.45, 7) is 9.24. The molecule has 0 saturated carbocycles. The molecule has 5 heteroatoms. The van der Waals surface area contributed by atoms with Gasteiger partial charge in [-0.05, 0) is 33.1 Å². The van der Waals surface area contributed by atoms with Gasteiger partial charge in [-0.25, -0.2) is 9.59 Å². The highest BCUT2D eigenvalue weighted by atomic mass is 16.6. The Morgan fingerprint density at radius 2 is 2.06 bits per heavy atom. The van der Waals surface area contributed by atoms with Crippen LogP contribution in [0.15, 0.2) is 12.7 Å². The molecule has 0 aromatic rings. The van der Waals surface area contributed by atoms with Crippen LogP contribution in [0.25, 0.3) is 0 Å². The zero-order valence-corrected chi connectivity index (χ0v) is 10.5. The van der Waals surface area contributed by atoms with Crippen LogP contribution in [0, 0.1) is 5.92 Å². The van der Waals surface area contributed by atoms with Crippen LogP contribution in [0.5, 0.6) is 0 Å². The van der Waals surface area contributed by atoms with Gasteiger partial charge in [-0.15, -0.1) is 6.58 Å². The third-order valence-electron chi connectivity index (χ3n) is 2.58. The van der Waals surface area contributed by atoms with Gasteiger partial charge >= 0.3 is 12.1 Å². The van der Waals surface area contributed by atoms with Gasteiger partial charge in [0.05, 0.1) is 0 Å². The third kappa shape index (κ3) is 3.47. The van der Waals surface area contributed by atoms with E-state index >= 15 is 0 Å². The van der Waals surface area contributed by atoms with Crippen LogP contribution in [0.4, 0.5) is 4.79 Å². The van der Waals surface area contributed by atoms with E-state index in [0.29, 0.717) is 13.0 Å². The first-order valence-electron chi connectivity index (χ1n) is 5.59. The minimum atomic E-state index is -1.000. The van der Waals surface area contributed by atoms with Crippen LogP contribution >= 0.6 is 0 Å². The number of likely N-dealkylation sites (tertiary alicyclic amines) is 1.